The van der Waals surface area contributed by atoms with Crippen molar-refractivity contribution >= 4 is 33.1 Å². The van der Waals surface area contributed by atoms with Gasteiger partial charge >= 0.3 is 6.03 Å². The molecule has 7 nitrogen and oxygen atoms in total. The Bertz CT molecular complexity index is 1450. The van der Waals surface area contributed by atoms with Crippen molar-refractivity contribution in [1.82, 2.24) is 4.90 Å². The molecule has 196 valence electrons. The molecule has 3 aromatic carbocycles. The molecule has 0 unspecified atom stereocenters. The van der Waals surface area contributed by atoms with Crippen LogP contribution < -0.4 is 14.9 Å². The van der Waals surface area contributed by atoms with E-state index in [0.717, 1.165) is 17.2 Å². The summed E-state index contributed by atoms with van der Waals surface area (Å²) in [7, 11) is -1.03. The third kappa shape index (κ3) is 5.69. The minimum Gasteiger partial charge on any atom is -0.375 e. The Balaban J connectivity index is 1.48. The fraction of sp³-hybridized carbons (Fsp3) is 0.296. The molecule has 0 aliphatic carbocycles. The van der Waals surface area contributed by atoms with Crippen molar-refractivity contribution in [3.63, 3.8) is 0 Å². The fourth-order valence-electron chi connectivity index (χ4n) is 4.10. The first-order chi connectivity index (χ1) is 17.2. The quantitative estimate of drug-likeness (QED) is 0.447. The molecule has 2 amide bonds. The molecule has 0 spiro atoms. The third-order valence-corrected chi connectivity index (χ3v) is 7.63. The molecule has 4 rings (SSSR count). The summed E-state index contributed by atoms with van der Waals surface area (Å²) >= 11 is 0. The average molecular weight is 529 g/mol. The molecule has 2 N–H and O–H groups in total. The Morgan fingerprint density at radius 1 is 0.919 bits per heavy atom. The van der Waals surface area contributed by atoms with E-state index in [4.69, 9.17) is 0 Å². The first-order valence-electron chi connectivity index (χ1n) is 11.7. The molecule has 0 aromatic heterocycles. The Kier molecular flexibility index (Phi) is 6.89. The van der Waals surface area contributed by atoms with E-state index in [0.29, 0.717) is 23.9 Å². The van der Waals surface area contributed by atoms with E-state index >= 15 is 0 Å². The lowest BCUT2D eigenvalue weighted by Crippen LogP contribution is -2.30. The van der Waals surface area contributed by atoms with Gasteiger partial charge in [-0.1, -0.05) is 39.0 Å². The maximum Gasteiger partial charge on any atom is 0.322 e. The van der Waals surface area contributed by atoms with Gasteiger partial charge in [-0.05, 0) is 52.4 Å². The second-order valence-electron chi connectivity index (χ2n) is 10.3. The number of halogens is 2. The molecule has 0 saturated carbocycles. The highest BCUT2D eigenvalue weighted by molar-refractivity contribution is 7.92. The zero-order chi connectivity index (χ0) is 27.1. The number of nitrogens with zero attached hydrogens (tertiary/aromatic N) is 2. The number of rotatable bonds is 5. The second-order valence-corrected chi connectivity index (χ2v) is 12.0. The molecule has 1 heterocycles. The van der Waals surface area contributed by atoms with E-state index in [-0.39, 0.29) is 34.3 Å². The molecular weight excluding hydrogens is 498 g/mol. The molecule has 0 fully saturated rings. The molecule has 1 aliphatic heterocycles. The topological polar surface area (TPSA) is 81.8 Å². The Labute approximate surface area is 216 Å². The lowest BCUT2D eigenvalue weighted by Gasteiger charge is -2.20. The largest absolute Gasteiger partial charge is 0.375 e. The number of hydrogen-bond donors (Lipinski definition) is 2. The molecule has 0 saturated heterocycles. The van der Waals surface area contributed by atoms with Gasteiger partial charge in [-0.3, -0.25) is 4.72 Å². The predicted octanol–water partition coefficient (Wildman–Crippen LogP) is 5.68. The van der Waals surface area contributed by atoms with Crippen LogP contribution in [0.1, 0.15) is 37.5 Å². The molecular formula is C27H30F2N4O3S. The third-order valence-electron chi connectivity index (χ3n) is 6.26. The lowest BCUT2D eigenvalue weighted by atomic mass is 9.87. The molecule has 1 aliphatic rings. The molecule has 37 heavy (non-hydrogen) atoms. The maximum absolute atomic E-state index is 14.3. The summed E-state index contributed by atoms with van der Waals surface area (Å²) in [6.45, 7) is 6.89. The summed E-state index contributed by atoms with van der Waals surface area (Å²) in [5.41, 5.74) is 3.00. The second kappa shape index (κ2) is 9.66. The summed E-state index contributed by atoms with van der Waals surface area (Å²) < 4.78 is 56.5. The fourth-order valence-corrected chi connectivity index (χ4v) is 5.21. The highest BCUT2D eigenvalue weighted by atomic mass is 32.2. The number of sulfonamides is 1. The van der Waals surface area contributed by atoms with Crippen LogP contribution in [0.2, 0.25) is 0 Å². The Hall–Kier alpha value is -3.66. The van der Waals surface area contributed by atoms with E-state index in [1.807, 2.05) is 24.3 Å². The van der Waals surface area contributed by atoms with Crippen LogP contribution in [0.3, 0.4) is 0 Å². The number of carbonyl (C=O) groups is 1. The lowest BCUT2D eigenvalue weighted by molar-refractivity contribution is 0.212. The first kappa shape index (κ1) is 26.4. The zero-order valence-electron chi connectivity index (χ0n) is 21.4. The number of urea groups is 1. The number of fused-ring (bicyclic) bond motifs is 1. The minimum absolute atomic E-state index is 0.00312. The van der Waals surface area contributed by atoms with Crippen LogP contribution in [0, 0.1) is 11.6 Å². The zero-order valence-corrected chi connectivity index (χ0v) is 22.2. The number of hydrogen-bond acceptors (Lipinski definition) is 4. The smallest absolute Gasteiger partial charge is 0.322 e. The number of nitrogens with one attached hydrogen (secondary N) is 2. The van der Waals surface area contributed by atoms with Crippen LogP contribution in [-0.4, -0.2) is 33.4 Å². The molecule has 10 heteroatoms. The SMILES string of the molecule is CN(C)c1cc(NS(=O)(=O)c2ccc3c(c2)CN(C(=O)Nc2ccc(C(C)(C)C)cc2)C3)c(F)cc1F. The van der Waals surface area contributed by atoms with Crippen molar-refractivity contribution in [2.75, 3.05) is 29.0 Å². The van der Waals surface area contributed by atoms with E-state index in [9.17, 15) is 22.0 Å². The summed E-state index contributed by atoms with van der Waals surface area (Å²) in [4.78, 5) is 15.8. The van der Waals surface area contributed by atoms with Crippen LogP contribution in [0.5, 0.6) is 0 Å². The number of amides is 2. The van der Waals surface area contributed by atoms with Crippen molar-refractivity contribution in [1.29, 1.82) is 0 Å². The Morgan fingerprint density at radius 3 is 2.19 bits per heavy atom. The van der Waals surface area contributed by atoms with Crippen LogP contribution in [0.15, 0.2) is 59.5 Å². The first-order valence-corrected chi connectivity index (χ1v) is 13.2. The van der Waals surface area contributed by atoms with Crippen LogP contribution in [-0.2, 0) is 28.5 Å². The van der Waals surface area contributed by atoms with Gasteiger partial charge in [0.1, 0.15) is 11.6 Å². The van der Waals surface area contributed by atoms with Gasteiger partial charge in [0.15, 0.2) is 0 Å². The highest BCUT2D eigenvalue weighted by Crippen LogP contribution is 2.30. The maximum atomic E-state index is 14.3. The molecule has 0 radical (unpaired) electrons. The van der Waals surface area contributed by atoms with Gasteiger partial charge in [0.2, 0.25) is 0 Å². The van der Waals surface area contributed by atoms with Crippen molar-refractivity contribution in [3.05, 3.63) is 82.9 Å². The van der Waals surface area contributed by atoms with Crippen LogP contribution in [0.25, 0.3) is 0 Å². The van der Waals surface area contributed by atoms with Crippen molar-refractivity contribution < 1.29 is 22.0 Å². The van der Waals surface area contributed by atoms with Gasteiger partial charge in [0.25, 0.3) is 10.0 Å². The van der Waals surface area contributed by atoms with Gasteiger partial charge in [0.05, 0.1) is 16.3 Å². The molecule has 0 atom stereocenters. The number of carbonyl (C=O) groups excluding carboxylic acids is 1. The van der Waals surface area contributed by atoms with Crippen molar-refractivity contribution in [2.45, 2.75) is 44.2 Å². The highest BCUT2D eigenvalue weighted by Gasteiger charge is 2.26. The van der Waals surface area contributed by atoms with Gasteiger partial charge in [-0.15, -0.1) is 0 Å². The van der Waals surface area contributed by atoms with Gasteiger partial charge < -0.3 is 15.1 Å². The standard InChI is InChI=1S/C27H30F2N4O3S/c1-27(2,3)19-7-9-20(10-8-19)30-26(34)33-15-17-6-11-21(12-18(17)16-33)37(35,36)31-24-14-25(32(4)5)23(29)13-22(24)28/h6-14,31H,15-16H2,1-5H3,(H,30,34). The number of benzene rings is 3. The van der Waals surface area contributed by atoms with Crippen LogP contribution >= 0.6 is 0 Å². The average Bonchev–Trinajstić information content (AvgIpc) is 3.24. The van der Waals surface area contributed by atoms with Gasteiger partial charge in [-0.25, -0.2) is 22.0 Å². The van der Waals surface area contributed by atoms with E-state index in [2.05, 4.69) is 30.8 Å². The normalized spacial score (nSPS) is 13.3. The summed E-state index contributed by atoms with van der Waals surface area (Å²) in [6, 6.07) is 13.6. The van der Waals surface area contributed by atoms with E-state index in [1.165, 1.54) is 17.0 Å². The monoisotopic (exact) mass is 528 g/mol. The Morgan fingerprint density at radius 2 is 1.57 bits per heavy atom. The summed E-state index contributed by atoms with van der Waals surface area (Å²) in [5, 5.41) is 2.88. The van der Waals surface area contributed by atoms with Gasteiger partial charge in [-0.2, -0.15) is 0 Å². The van der Waals surface area contributed by atoms with Crippen molar-refractivity contribution in [2.24, 2.45) is 0 Å². The molecule has 3 aromatic rings. The van der Waals surface area contributed by atoms with Crippen molar-refractivity contribution in [3.8, 4) is 0 Å². The van der Waals surface area contributed by atoms with E-state index < -0.39 is 21.7 Å². The molecule has 0 bridgehead atoms. The summed E-state index contributed by atoms with van der Waals surface area (Å²) in [6.07, 6.45) is 0. The van der Waals surface area contributed by atoms with E-state index in [1.54, 1.807) is 25.1 Å². The summed E-state index contributed by atoms with van der Waals surface area (Å²) in [5.74, 6) is -1.82. The predicted molar refractivity (Wildman–Crippen MR) is 141 cm³/mol. The van der Waals surface area contributed by atoms with Crippen LogP contribution in [0.4, 0.5) is 30.6 Å². The van der Waals surface area contributed by atoms with Gasteiger partial charge in [0, 0.05) is 38.9 Å². The minimum atomic E-state index is -4.17. The number of anilines is 3.